The number of rotatable bonds is 4. The fourth-order valence-corrected chi connectivity index (χ4v) is 2.77. The average molecular weight is 258 g/mol. The zero-order valence-electron chi connectivity index (χ0n) is 11.2. The van der Waals surface area contributed by atoms with E-state index in [1.807, 2.05) is 13.8 Å². The van der Waals surface area contributed by atoms with Crippen molar-refractivity contribution in [2.75, 3.05) is 26.4 Å². The van der Waals surface area contributed by atoms with Crippen molar-refractivity contribution in [2.45, 2.75) is 50.9 Å². The van der Waals surface area contributed by atoms with Gasteiger partial charge in [0.15, 0.2) is 11.4 Å². The van der Waals surface area contributed by atoms with Crippen LogP contribution in [-0.2, 0) is 23.7 Å². The molecule has 0 amide bonds. The molecule has 1 spiro atoms. The zero-order valence-corrected chi connectivity index (χ0v) is 11.2. The van der Waals surface area contributed by atoms with E-state index in [1.165, 1.54) is 0 Å². The van der Waals surface area contributed by atoms with Crippen LogP contribution in [0.3, 0.4) is 0 Å². The summed E-state index contributed by atoms with van der Waals surface area (Å²) in [7, 11) is 0. The molecule has 104 valence electrons. The van der Waals surface area contributed by atoms with Crippen molar-refractivity contribution in [1.29, 1.82) is 0 Å². The van der Waals surface area contributed by atoms with Gasteiger partial charge in [-0.15, -0.1) is 0 Å². The normalized spacial score (nSPS) is 25.2. The molecule has 1 saturated heterocycles. The standard InChI is InChI=1S/C13H22O5/c1-3-15-11(14)12(16-4-2)5-7-13(8-6-12)17-9-10-18-13/h3-10H2,1-2H3. The predicted octanol–water partition coefficient (Wildman–Crippen LogP) is 1.64. The highest BCUT2D eigenvalue weighted by Crippen LogP contribution is 2.42. The van der Waals surface area contributed by atoms with E-state index in [2.05, 4.69) is 0 Å². The number of hydrogen-bond donors (Lipinski definition) is 0. The molecule has 0 atom stereocenters. The molecule has 18 heavy (non-hydrogen) atoms. The lowest BCUT2D eigenvalue weighted by Gasteiger charge is -2.41. The van der Waals surface area contributed by atoms with Crippen LogP contribution in [-0.4, -0.2) is 43.8 Å². The Labute approximate surface area is 108 Å². The van der Waals surface area contributed by atoms with Crippen LogP contribution in [0.25, 0.3) is 0 Å². The highest BCUT2D eigenvalue weighted by atomic mass is 16.7. The Balaban J connectivity index is 2.02. The van der Waals surface area contributed by atoms with Crippen molar-refractivity contribution in [3.63, 3.8) is 0 Å². The van der Waals surface area contributed by atoms with Crippen LogP contribution in [0.4, 0.5) is 0 Å². The van der Waals surface area contributed by atoms with Gasteiger partial charge in [0.2, 0.25) is 0 Å². The van der Waals surface area contributed by atoms with E-state index in [0.29, 0.717) is 52.1 Å². The minimum atomic E-state index is -0.800. The molecular weight excluding hydrogens is 236 g/mol. The van der Waals surface area contributed by atoms with Gasteiger partial charge in [0, 0.05) is 19.4 Å². The van der Waals surface area contributed by atoms with E-state index >= 15 is 0 Å². The molecule has 5 nitrogen and oxygen atoms in total. The van der Waals surface area contributed by atoms with E-state index in [1.54, 1.807) is 0 Å². The van der Waals surface area contributed by atoms with Gasteiger partial charge < -0.3 is 18.9 Å². The molecule has 1 saturated carbocycles. The molecule has 0 bridgehead atoms. The first-order valence-corrected chi connectivity index (χ1v) is 6.75. The third-order valence-corrected chi connectivity index (χ3v) is 3.70. The third-order valence-electron chi connectivity index (χ3n) is 3.70. The fourth-order valence-electron chi connectivity index (χ4n) is 2.77. The largest absolute Gasteiger partial charge is 0.464 e. The van der Waals surface area contributed by atoms with Gasteiger partial charge in [-0.3, -0.25) is 0 Å². The second kappa shape index (κ2) is 5.55. The number of carbonyl (C=O) groups is 1. The predicted molar refractivity (Wildman–Crippen MR) is 64.1 cm³/mol. The molecule has 2 rings (SSSR count). The lowest BCUT2D eigenvalue weighted by Crippen LogP contribution is -2.50. The van der Waals surface area contributed by atoms with Gasteiger partial charge in [-0.1, -0.05) is 0 Å². The molecule has 2 fully saturated rings. The first-order valence-electron chi connectivity index (χ1n) is 6.75. The average Bonchev–Trinajstić information content (AvgIpc) is 2.82. The fraction of sp³-hybridized carbons (Fsp3) is 0.923. The van der Waals surface area contributed by atoms with Gasteiger partial charge in [0.25, 0.3) is 0 Å². The van der Waals surface area contributed by atoms with Crippen molar-refractivity contribution in [2.24, 2.45) is 0 Å². The van der Waals surface area contributed by atoms with Crippen LogP contribution in [0.15, 0.2) is 0 Å². The summed E-state index contributed by atoms with van der Waals surface area (Å²) in [5.41, 5.74) is -0.800. The van der Waals surface area contributed by atoms with E-state index in [0.717, 1.165) is 0 Å². The summed E-state index contributed by atoms with van der Waals surface area (Å²) >= 11 is 0. The molecule has 0 radical (unpaired) electrons. The summed E-state index contributed by atoms with van der Waals surface area (Å²) in [6.45, 7) is 5.88. The third kappa shape index (κ3) is 2.53. The molecule has 0 N–H and O–H groups in total. The monoisotopic (exact) mass is 258 g/mol. The second-order valence-electron chi connectivity index (χ2n) is 4.76. The Morgan fingerprint density at radius 1 is 1.06 bits per heavy atom. The SMILES string of the molecule is CCOC(=O)C1(OCC)CCC2(CC1)OCCO2. The van der Waals surface area contributed by atoms with Crippen LogP contribution in [0.2, 0.25) is 0 Å². The van der Waals surface area contributed by atoms with Crippen LogP contribution in [0.5, 0.6) is 0 Å². The quantitative estimate of drug-likeness (QED) is 0.718. The molecule has 1 aliphatic carbocycles. The lowest BCUT2D eigenvalue weighted by molar-refractivity contribution is -0.218. The maximum absolute atomic E-state index is 12.1. The van der Waals surface area contributed by atoms with Gasteiger partial charge in [0.05, 0.1) is 19.8 Å². The number of carbonyl (C=O) groups excluding carboxylic acids is 1. The van der Waals surface area contributed by atoms with Gasteiger partial charge in [-0.25, -0.2) is 4.79 Å². The Bertz CT molecular complexity index is 286. The van der Waals surface area contributed by atoms with Crippen LogP contribution >= 0.6 is 0 Å². The maximum Gasteiger partial charge on any atom is 0.338 e. The number of ether oxygens (including phenoxy) is 4. The Morgan fingerprint density at radius 2 is 1.67 bits per heavy atom. The first kappa shape index (κ1) is 13.8. The van der Waals surface area contributed by atoms with E-state index in [-0.39, 0.29) is 5.97 Å². The van der Waals surface area contributed by atoms with Gasteiger partial charge >= 0.3 is 5.97 Å². The Kier molecular flexibility index (Phi) is 4.25. The summed E-state index contributed by atoms with van der Waals surface area (Å²) in [4.78, 5) is 12.1. The Hall–Kier alpha value is -0.650. The van der Waals surface area contributed by atoms with Crippen molar-refractivity contribution in [3.8, 4) is 0 Å². The van der Waals surface area contributed by atoms with Crippen LogP contribution in [0.1, 0.15) is 39.5 Å². The summed E-state index contributed by atoms with van der Waals surface area (Å²) < 4.78 is 22.2. The van der Waals surface area contributed by atoms with Crippen molar-refractivity contribution in [1.82, 2.24) is 0 Å². The summed E-state index contributed by atoms with van der Waals surface area (Å²) in [5, 5.41) is 0. The summed E-state index contributed by atoms with van der Waals surface area (Å²) in [6, 6.07) is 0. The zero-order chi connectivity index (χ0) is 13.1. The molecule has 5 heteroatoms. The van der Waals surface area contributed by atoms with Crippen molar-refractivity contribution in [3.05, 3.63) is 0 Å². The minimum Gasteiger partial charge on any atom is -0.464 e. The van der Waals surface area contributed by atoms with Gasteiger partial charge in [0.1, 0.15) is 0 Å². The molecular formula is C13H22O5. The van der Waals surface area contributed by atoms with E-state index in [9.17, 15) is 4.79 Å². The van der Waals surface area contributed by atoms with Crippen LogP contribution in [0, 0.1) is 0 Å². The molecule has 1 heterocycles. The van der Waals surface area contributed by atoms with Crippen LogP contribution < -0.4 is 0 Å². The van der Waals surface area contributed by atoms with Gasteiger partial charge in [-0.05, 0) is 26.7 Å². The van der Waals surface area contributed by atoms with Gasteiger partial charge in [-0.2, -0.15) is 0 Å². The number of esters is 1. The highest BCUT2D eigenvalue weighted by Gasteiger charge is 2.51. The molecule has 0 unspecified atom stereocenters. The molecule has 2 aliphatic rings. The molecule has 1 aliphatic heterocycles. The van der Waals surface area contributed by atoms with E-state index < -0.39 is 11.4 Å². The molecule has 0 aromatic heterocycles. The van der Waals surface area contributed by atoms with Crippen molar-refractivity contribution >= 4 is 5.97 Å². The number of hydrogen-bond acceptors (Lipinski definition) is 5. The molecule has 0 aromatic rings. The summed E-state index contributed by atoms with van der Waals surface area (Å²) in [5.74, 6) is -0.729. The maximum atomic E-state index is 12.1. The van der Waals surface area contributed by atoms with E-state index in [4.69, 9.17) is 18.9 Å². The second-order valence-corrected chi connectivity index (χ2v) is 4.76. The minimum absolute atomic E-state index is 0.250. The lowest BCUT2D eigenvalue weighted by atomic mass is 9.81. The van der Waals surface area contributed by atoms with Crippen molar-refractivity contribution < 1.29 is 23.7 Å². The topological polar surface area (TPSA) is 54.0 Å². The Morgan fingerprint density at radius 3 is 2.17 bits per heavy atom. The summed E-state index contributed by atoms with van der Waals surface area (Å²) in [6.07, 6.45) is 2.57. The first-order chi connectivity index (χ1) is 8.66. The highest BCUT2D eigenvalue weighted by molar-refractivity contribution is 5.79. The molecule has 0 aromatic carbocycles. The smallest absolute Gasteiger partial charge is 0.338 e.